The summed E-state index contributed by atoms with van der Waals surface area (Å²) in [7, 11) is 1.64. The zero-order valence-electron chi connectivity index (χ0n) is 18.6. The van der Waals surface area contributed by atoms with E-state index in [4.69, 9.17) is 9.84 Å². The highest BCUT2D eigenvalue weighted by Gasteiger charge is 2.49. The zero-order chi connectivity index (χ0) is 23.2. The Bertz CT molecular complexity index is 1390. The Kier molecular flexibility index (Phi) is 5.23. The summed E-state index contributed by atoms with van der Waals surface area (Å²) in [6.45, 7) is 0.662. The van der Waals surface area contributed by atoms with E-state index in [9.17, 15) is 4.79 Å². The van der Waals surface area contributed by atoms with Crippen LogP contribution in [0.4, 0.5) is 0 Å². The first-order valence-corrected chi connectivity index (χ1v) is 12.0. The summed E-state index contributed by atoms with van der Waals surface area (Å²) >= 11 is 3.52. The van der Waals surface area contributed by atoms with Crippen LogP contribution < -0.4 is 4.74 Å². The average Bonchev–Trinajstić information content (AvgIpc) is 3.36. The fourth-order valence-electron chi connectivity index (χ4n) is 5.03. The number of hydrogen-bond acceptors (Lipinski definition) is 4. The number of para-hydroxylation sites is 1. The van der Waals surface area contributed by atoms with Gasteiger partial charge in [0.05, 0.1) is 19.4 Å². The Hall–Kier alpha value is -3.42. The van der Waals surface area contributed by atoms with Crippen molar-refractivity contribution in [3.63, 3.8) is 0 Å². The maximum atomic E-state index is 13.7. The van der Waals surface area contributed by atoms with E-state index in [0.29, 0.717) is 13.0 Å². The van der Waals surface area contributed by atoms with Crippen LogP contribution >= 0.6 is 15.9 Å². The van der Waals surface area contributed by atoms with Gasteiger partial charge in [0.1, 0.15) is 11.9 Å². The van der Waals surface area contributed by atoms with Gasteiger partial charge in [-0.15, -0.1) is 0 Å². The molecule has 7 heteroatoms. The molecule has 0 saturated carbocycles. The van der Waals surface area contributed by atoms with E-state index in [0.717, 1.165) is 26.9 Å². The molecule has 3 aromatic carbocycles. The van der Waals surface area contributed by atoms with Gasteiger partial charge in [-0.1, -0.05) is 46.3 Å². The molecule has 2 atom stereocenters. The summed E-state index contributed by atoms with van der Waals surface area (Å²) in [5.74, 6) is 0.807. The lowest BCUT2D eigenvalue weighted by atomic mass is 9.97. The Morgan fingerprint density at radius 3 is 2.59 bits per heavy atom. The van der Waals surface area contributed by atoms with Gasteiger partial charge in [0.2, 0.25) is 0 Å². The molecular weight excluding hydrogens is 492 g/mol. The predicted octanol–water partition coefficient (Wildman–Crippen LogP) is 5.24. The summed E-state index contributed by atoms with van der Waals surface area (Å²) in [5.41, 5.74) is 5.47. The molecule has 0 radical (unpaired) electrons. The number of ether oxygens (including phenoxy) is 1. The highest BCUT2D eigenvalue weighted by molar-refractivity contribution is 9.10. The first kappa shape index (κ1) is 21.1. The molecule has 170 valence electrons. The van der Waals surface area contributed by atoms with Gasteiger partial charge in [-0.05, 0) is 65.6 Å². The summed E-state index contributed by atoms with van der Waals surface area (Å²) in [6, 6.07) is 23.8. The van der Waals surface area contributed by atoms with Gasteiger partial charge in [-0.3, -0.25) is 9.69 Å². The van der Waals surface area contributed by atoms with Crippen molar-refractivity contribution >= 4 is 39.0 Å². The average molecular weight is 515 g/mol. The van der Waals surface area contributed by atoms with Crippen molar-refractivity contribution in [1.29, 1.82) is 0 Å². The molecule has 3 heterocycles. The summed E-state index contributed by atoms with van der Waals surface area (Å²) in [6.07, 6.45) is 2.13. The van der Waals surface area contributed by atoms with Crippen molar-refractivity contribution in [1.82, 2.24) is 14.9 Å². The van der Waals surface area contributed by atoms with Crippen molar-refractivity contribution in [3.05, 3.63) is 99.7 Å². The third-order valence-electron chi connectivity index (χ3n) is 6.71. The van der Waals surface area contributed by atoms with Crippen LogP contribution in [-0.4, -0.2) is 40.2 Å². The van der Waals surface area contributed by atoms with Crippen LogP contribution in [0.1, 0.15) is 28.6 Å². The van der Waals surface area contributed by atoms with Gasteiger partial charge in [-0.2, -0.15) is 5.10 Å². The van der Waals surface area contributed by atoms with E-state index in [-0.39, 0.29) is 18.1 Å². The van der Waals surface area contributed by atoms with Gasteiger partial charge < -0.3 is 9.72 Å². The van der Waals surface area contributed by atoms with Crippen molar-refractivity contribution in [2.24, 2.45) is 5.10 Å². The number of halogens is 1. The first-order chi connectivity index (χ1) is 16.6. The van der Waals surface area contributed by atoms with Crippen molar-refractivity contribution < 1.29 is 9.53 Å². The van der Waals surface area contributed by atoms with Gasteiger partial charge in [0.15, 0.2) is 0 Å². The number of nitrogens with zero attached hydrogens (tertiary/aromatic N) is 3. The van der Waals surface area contributed by atoms with Gasteiger partial charge in [0, 0.05) is 27.6 Å². The number of aromatic nitrogens is 1. The zero-order valence-corrected chi connectivity index (χ0v) is 20.2. The number of nitrogens with one attached hydrogen (secondary N) is 1. The molecule has 34 heavy (non-hydrogen) atoms. The second kappa shape index (κ2) is 8.42. The molecule has 0 spiro atoms. The number of hydrogen-bond donors (Lipinski definition) is 1. The molecule has 1 N–H and O–H groups in total. The molecule has 0 aliphatic carbocycles. The van der Waals surface area contributed by atoms with Crippen LogP contribution in [-0.2, 0) is 17.8 Å². The molecule has 1 fully saturated rings. The molecule has 1 amide bonds. The van der Waals surface area contributed by atoms with E-state index in [1.165, 1.54) is 16.6 Å². The number of aromatic amines is 1. The lowest BCUT2D eigenvalue weighted by molar-refractivity contribution is -0.130. The molecule has 1 saturated heterocycles. The normalized spacial score (nSPS) is 20.2. The first-order valence-electron chi connectivity index (χ1n) is 11.2. The second-order valence-electron chi connectivity index (χ2n) is 8.65. The van der Waals surface area contributed by atoms with E-state index >= 15 is 0 Å². The lowest BCUT2D eigenvalue weighted by Crippen LogP contribution is -2.39. The summed E-state index contributed by atoms with van der Waals surface area (Å²) in [5, 5.41) is 7.54. The van der Waals surface area contributed by atoms with Crippen LogP contribution in [0.2, 0.25) is 0 Å². The van der Waals surface area contributed by atoms with E-state index in [2.05, 4.69) is 56.1 Å². The second-order valence-corrected chi connectivity index (χ2v) is 9.56. The maximum Gasteiger partial charge on any atom is 0.262 e. The molecule has 0 unspecified atom stereocenters. The number of carbonyl (C=O) groups is 1. The number of carbonyl (C=O) groups excluding carboxylic acids is 1. The fourth-order valence-corrected chi connectivity index (χ4v) is 5.30. The number of rotatable bonds is 4. The van der Waals surface area contributed by atoms with E-state index in [1.807, 2.05) is 42.5 Å². The fraction of sp³-hybridized carbons (Fsp3) is 0.185. The standard InChI is InChI=1S/C27H23BrN4O2/c1-34-20-12-6-17(7-13-20)15-29-32-26(18-8-10-19(28)11-9-18)31-16-24-22(14-25(31)27(32)33)21-4-2-3-5-23(21)30-24/h2-13,15,25-26,30H,14,16H2,1H3/b29-15-/t25-,26+/m1/s1. The molecule has 1 aromatic heterocycles. The molecule has 0 bridgehead atoms. The molecule has 2 aliphatic heterocycles. The Balaban J connectivity index is 1.39. The van der Waals surface area contributed by atoms with Gasteiger partial charge >= 0.3 is 0 Å². The maximum absolute atomic E-state index is 13.7. The van der Waals surface area contributed by atoms with Crippen LogP contribution in [0.5, 0.6) is 5.75 Å². The highest BCUT2D eigenvalue weighted by Crippen LogP contribution is 2.42. The number of H-pyrrole nitrogens is 1. The third kappa shape index (κ3) is 3.52. The Morgan fingerprint density at radius 1 is 1.06 bits per heavy atom. The van der Waals surface area contributed by atoms with Crippen molar-refractivity contribution in [2.45, 2.75) is 25.2 Å². The van der Waals surface area contributed by atoms with Crippen LogP contribution in [0.25, 0.3) is 10.9 Å². The van der Waals surface area contributed by atoms with Crippen LogP contribution in [0, 0.1) is 0 Å². The SMILES string of the molecule is COc1ccc(/C=N\N2C(=O)[C@H]3Cc4c([nH]c5ccccc45)CN3[C@@H]2c2ccc(Br)cc2)cc1. The lowest BCUT2D eigenvalue weighted by Gasteiger charge is -2.32. The van der Waals surface area contributed by atoms with Crippen LogP contribution in [0.3, 0.4) is 0 Å². The van der Waals surface area contributed by atoms with Crippen molar-refractivity contribution in [2.75, 3.05) is 7.11 Å². The minimum Gasteiger partial charge on any atom is -0.497 e. The number of hydrazone groups is 1. The highest BCUT2D eigenvalue weighted by atomic mass is 79.9. The molecule has 4 aromatic rings. The van der Waals surface area contributed by atoms with E-state index < -0.39 is 0 Å². The number of benzene rings is 3. The monoisotopic (exact) mass is 514 g/mol. The minimum absolute atomic E-state index is 0.0219. The number of fused-ring (bicyclic) bond motifs is 4. The number of amides is 1. The van der Waals surface area contributed by atoms with Crippen LogP contribution in [0.15, 0.2) is 82.4 Å². The largest absolute Gasteiger partial charge is 0.497 e. The minimum atomic E-state index is -0.278. The predicted molar refractivity (Wildman–Crippen MR) is 136 cm³/mol. The summed E-state index contributed by atoms with van der Waals surface area (Å²) in [4.78, 5) is 19.5. The Labute approximate surface area is 206 Å². The topological polar surface area (TPSA) is 60.9 Å². The molecule has 6 rings (SSSR count). The van der Waals surface area contributed by atoms with E-state index in [1.54, 1.807) is 18.3 Å². The Morgan fingerprint density at radius 2 is 1.82 bits per heavy atom. The quantitative estimate of drug-likeness (QED) is 0.378. The molecule has 6 nitrogen and oxygen atoms in total. The van der Waals surface area contributed by atoms with Crippen molar-refractivity contribution in [3.8, 4) is 5.75 Å². The summed E-state index contributed by atoms with van der Waals surface area (Å²) < 4.78 is 6.25. The molecule has 2 aliphatic rings. The van der Waals surface area contributed by atoms with Gasteiger partial charge in [0.25, 0.3) is 5.91 Å². The van der Waals surface area contributed by atoms with Gasteiger partial charge in [-0.25, -0.2) is 5.01 Å². The number of methoxy groups -OCH3 is 1. The molecular formula is C27H23BrN4O2. The smallest absolute Gasteiger partial charge is 0.262 e. The third-order valence-corrected chi connectivity index (χ3v) is 7.24.